The lowest BCUT2D eigenvalue weighted by molar-refractivity contribution is 0.0770. The normalized spacial score (nSPS) is 13.6. The van der Waals surface area contributed by atoms with Crippen LogP contribution in [0.4, 0.5) is 0 Å². The Morgan fingerprint density at radius 3 is 2.76 bits per heavy atom. The van der Waals surface area contributed by atoms with E-state index in [1.165, 1.54) is 12.8 Å². The molecule has 4 heteroatoms. The van der Waals surface area contributed by atoms with Crippen molar-refractivity contribution in [3.63, 3.8) is 0 Å². The van der Waals surface area contributed by atoms with Crippen molar-refractivity contribution >= 4 is 16.8 Å². The van der Waals surface area contributed by atoms with E-state index in [9.17, 15) is 4.79 Å². The molecule has 4 nitrogen and oxygen atoms in total. The van der Waals surface area contributed by atoms with Gasteiger partial charge in [-0.3, -0.25) is 4.79 Å². The van der Waals surface area contributed by atoms with Gasteiger partial charge in [0.15, 0.2) is 5.76 Å². The van der Waals surface area contributed by atoms with Crippen LogP contribution in [0.15, 0.2) is 53.1 Å². The third-order valence-electron chi connectivity index (χ3n) is 4.50. The standard InChI is InChI=1S/C21H18N2O2/c1-2-12-23(14-15-8-9-15)21(24)17-10-11-19-18(13-17)20(25-22-19)16-6-4-3-5-7-16/h1,3-7,10-11,13,15H,8-9,12,14H2. The van der Waals surface area contributed by atoms with Crippen molar-refractivity contribution in [3.8, 4) is 23.7 Å². The fraction of sp³-hybridized carbons (Fsp3) is 0.238. The van der Waals surface area contributed by atoms with Crippen LogP contribution in [0.2, 0.25) is 0 Å². The Morgan fingerprint density at radius 2 is 2.04 bits per heavy atom. The quantitative estimate of drug-likeness (QED) is 0.665. The minimum absolute atomic E-state index is 0.0352. The number of hydrogen-bond acceptors (Lipinski definition) is 3. The molecule has 0 N–H and O–H groups in total. The van der Waals surface area contributed by atoms with Gasteiger partial charge in [0.05, 0.1) is 11.9 Å². The first-order valence-electron chi connectivity index (χ1n) is 8.44. The van der Waals surface area contributed by atoms with Gasteiger partial charge in [-0.2, -0.15) is 0 Å². The molecule has 1 fully saturated rings. The zero-order valence-electron chi connectivity index (χ0n) is 13.8. The zero-order chi connectivity index (χ0) is 17.2. The van der Waals surface area contributed by atoms with Crippen LogP contribution in [0.3, 0.4) is 0 Å². The van der Waals surface area contributed by atoms with Gasteiger partial charge in [-0.1, -0.05) is 41.4 Å². The van der Waals surface area contributed by atoms with Crippen molar-refractivity contribution in [2.45, 2.75) is 12.8 Å². The molecular formula is C21H18N2O2. The number of hydrogen-bond donors (Lipinski definition) is 0. The van der Waals surface area contributed by atoms with Crippen LogP contribution in [0, 0.1) is 18.3 Å². The Kier molecular flexibility index (Phi) is 3.99. The molecule has 0 spiro atoms. The lowest BCUT2D eigenvalue weighted by Crippen LogP contribution is -2.33. The Labute approximate surface area is 146 Å². The molecule has 0 saturated heterocycles. The SMILES string of the molecule is C#CCN(CC1CC1)C(=O)c1ccc2noc(-c3ccccc3)c2c1. The first-order valence-corrected chi connectivity index (χ1v) is 8.44. The Morgan fingerprint density at radius 1 is 1.24 bits per heavy atom. The molecule has 0 unspecified atom stereocenters. The summed E-state index contributed by atoms with van der Waals surface area (Å²) in [6.07, 6.45) is 7.80. The van der Waals surface area contributed by atoms with Crippen molar-refractivity contribution in [3.05, 3.63) is 54.1 Å². The van der Waals surface area contributed by atoms with E-state index < -0.39 is 0 Å². The predicted molar refractivity (Wildman–Crippen MR) is 96.9 cm³/mol. The van der Waals surface area contributed by atoms with Crippen LogP contribution in [-0.2, 0) is 0 Å². The third-order valence-corrected chi connectivity index (χ3v) is 4.50. The molecule has 2 aromatic carbocycles. The number of aromatic nitrogens is 1. The fourth-order valence-electron chi connectivity index (χ4n) is 3.00. The van der Waals surface area contributed by atoms with Gasteiger partial charge in [0, 0.05) is 17.7 Å². The van der Waals surface area contributed by atoms with Crippen LogP contribution < -0.4 is 0 Å². The third kappa shape index (κ3) is 3.14. The molecule has 1 heterocycles. The van der Waals surface area contributed by atoms with Crippen LogP contribution in [0.25, 0.3) is 22.2 Å². The molecule has 3 aromatic rings. The van der Waals surface area contributed by atoms with Gasteiger partial charge in [-0.15, -0.1) is 6.42 Å². The number of rotatable bonds is 5. The van der Waals surface area contributed by atoms with Gasteiger partial charge in [0.1, 0.15) is 5.52 Å². The summed E-state index contributed by atoms with van der Waals surface area (Å²) >= 11 is 0. The molecule has 124 valence electrons. The van der Waals surface area contributed by atoms with E-state index in [2.05, 4.69) is 11.1 Å². The molecule has 4 rings (SSSR count). The highest BCUT2D eigenvalue weighted by Gasteiger charge is 2.27. The average molecular weight is 330 g/mol. The highest BCUT2D eigenvalue weighted by atomic mass is 16.5. The van der Waals surface area contributed by atoms with E-state index in [4.69, 9.17) is 10.9 Å². The van der Waals surface area contributed by atoms with Gasteiger partial charge in [0.25, 0.3) is 5.91 Å². The Hall–Kier alpha value is -3.06. The summed E-state index contributed by atoms with van der Waals surface area (Å²) in [5, 5.41) is 4.94. The molecular weight excluding hydrogens is 312 g/mol. The maximum Gasteiger partial charge on any atom is 0.254 e. The molecule has 1 aromatic heterocycles. The van der Waals surface area contributed by atoms with Crippen molar-refractivity contribution in [2.24, 2.45) is 5.92 Å². The number of benzene rings is 2. The number of carbonyl (C=O) groups is 1. The number of amides is 1. The molecule has 25 heavy (non-hydrogen) atoms. The number of terminal acetylenes is 1. The Bertz CT molecular complexity index is 949. The molecule has 1 aliphatic rings. The monoisotopic (exact) mass is 330 g/mol. The van der Waals surface area contributed by atoms with Gasteiger partial charge in [0.2, 0.25) is 0 Å². The summed E-state index contributed by atoms with van der Waals surface area (Å²) in [5.74, 6) is 3.83. The Balaban J connectivity index is 1.70. The highest BCUT2D eigenvalue weighted by Crippen LogP contribution is 2.31. The van der Waals surface area contributed by atoms with Gasteiger partial charge < -0.3 is 9.42 Å². The zero-order valence-corrected chi connectivity index (χ0v) is 13.8. The molecule has 1 saturated carbocycles. The fourth-order valence-corrected chi connectivity index (χ4v) is 3.00. The smallest absolute Gasteiger partial charge is 0.254 e. The highest BCUT2D eigenvalue weighted by molar-refractivity contribution is 6.01. The summed E-state index contributed by atoms with van der Waals surface area (Å²) in [7, 11) is 0. The number of fused-ring (bicyclic) bond motifs is 1. The lowest BCUT2D eigenvalue weighted by Gasteiger charge is -2.20. The molecule has 0 radical (unpaired) electrons. The van der Waals surface area contributed by atoms with Gasteiger partial charge in [-0.05, 0) is 37.0 Å². The summed E-state index contributed by atoms with van der Waals surface area (Å²) in [6.45, 7) is 1.07. The minimum Gasteiger partial charge on any atom is -0.355 e. The maximum absolute atomic E-state index is 12.9. The van der Waals surface area contributed by atoms with E-state index in [0.717, 1.165) is 23.0 Å². The topological polar surface area (TPSA) is 46.3 Å². The summed E-state index contributed by atoms with van der Waals surface area (Å²) < 4.78 is 5.51. The van der Waals surface area contributed by atoms with Gasteiger partial charge >= 0.3 is 0 Å². The molecule has 1 amide bonds. The van der Waals surface area contributed by atoms with Crippen molar-refractivity contribution in [2.75, 3.05) is 13.1 Å². The van der Waals surface area contributed by atoms with Crippen LogP contribution in [0.5, 0.6) is 0 Å². The van der Waals surface area contributed by atoms with Crippen molar-refractivity contribution in [1.82, 2.24) is 10.1 Å². The molecule has 0 bridgehead atoms. The molecule has 1 aliphatic carbocycles. The second-order valence-electron chi connectivity index (χ2n) is 6.44. The summed E-state index contributed by atoms with van der Waals surface area (Å²) in [4.78, 5) is 14.6. The lowest BCUT2D eigenvalue weighted by atomic mass is 10.1. The van der Waals surface area contributed by atoms with E-state index >= 15 is 0 Å². The first-order chi connectivity index (χ1) is 12.3. The van der Waals surface area contributed by atoms with Crippen LogP contribution >= 0.6 is 0 Å². The van der Waals surface area contributed by atoms with Crippen molar-refractivity contribution in [1.29, 1.82) is 0 Å². The second-order valence-corrected chi connectivity index (χ2v) is 6.44. The predicted octanol–water partition coefficient (Wildman–Crippen LogP) is 3.98. The van der Waals surface area contributed by atoms with Crippen LogP contribution in [0.1, 0.15) is 23.2 Å². The average Bonchev–Trinajstić information content (AvgIpc) is 3.37. The molecule has 0 atom stereocenters. The van der Waals surface area contributed by atoms with E-state index in [1.54, 1.807) is 11.0 Å². The van der Waals surface area contributed by atoms with E-state index in [0.29, 0.717) is 23.8 Å². The number of carbonyl (C=O) groups excluding carboxylic acids is 1. The number of nitrogens with zero attached hydrogens (tertiary/aromatic N) is 2. The minimum atomic E-state index is -0.0352. The summed E-state index contributed by atoms with van der Waals surface area (Å²) in [6, 6.07) is 15.2. The van der Waals surface area contributed by atoms with E-state index in [1.807, 2.05) is 42.5 Å². The summed E-state index contributed by atoms with van der Waals surface area (Å²) in [5.41, 5.74) is 2.29. The van der Waals surface area contributed by atoms with E-state index in [-0.39, 0.29) is 5.91 Å². The maximum atomic E-state index is 12.9. The molecule has 0 aliphatic heterocycles. The van der Waals surface area contributed by atoms with Crippen LogP contribution in [-0.4, -0.2) is 29.1 Å². The van der Waals surface area contributed by atoms with Gasteiger partial charge in [-0.25, -0.2) is 0 Å². The first kappa shape index (κ1) is 15.5. The van der Waals surface area contributed by atoms with Crippen molar-refractivity contribution < 1.29 is 9.32 Å². The second kappa shape index (κ2) is 6.45. The largest absolute Gasteiger partial charge is 0.355 e.